The molecule has 0 aliphatic carbocycles. The number of nitrogens with one attached hydrogen (secondary N) is 1. The Morgan fingerprint density at radius 1 is 1.03 bits per heavy atom. The molecular weight excluding hydrogens is 522 g/mol. The van der Waals surface area contributed by atoms with Crippen LogP contribution >= 0.6 is 23.4 Å². The molecule has 0 radical (unpaired) electrons. The Hall–Kier alpha value is -4.27. The van der Waals surface area contributed by atoms with Gasteiger partial charge in [-0.2, -0.15) is 0 Å². The molecule has 0 saturated heterocycles. The molecule has 4 aromatic carbocycles. The number of fused-ring (bicyclic) bond motifs is 1. The number of H-pyrrole nitrogens is 1. The number of carbonyl (C=O) groups is 1. The maximum absolute atomic E-state index is 12.0. The fraction of sp³-hybridized carbons (Fsp3) is 0.0690. The van der Waals surface area contributed by atoms with E-state index in [1.165, 1.54) is 0 Å². The van der Waals surface area contributed by atoms with Crippen molar-refractivity contribution in [3.8, 4) is 22.9 Å². The number of hydrogen-bond acceptors (Lipinski definition) is 6. The number of nitrogens with zero attached hydrogens (tertiary/aromatic N) is 2. The highest BCUT2D eigenvalue weighted by atomic mass is 35.5. The third-order valence-corrected chi connectivity index (χ3v) is 6.87. The van der Waals surface area contributed by atoms with Gasteiger partial charge in [-0.15, -0.1) is 5.10 Å². The molecule has 1 aromatic heterocycles. The van der Waals surface area contributed by atoms with E-state index in [2.05, 4.69) is 33.4 Å². The molecule has 0 amide bonds. The van der Waals surface area contributed by atoms with Gasteiger partial charge >= 0.3 is 5.97 Å². The van der Waals surface area contributed by atoms with E-state index < -0.39 is 5.97 Å². The summed E-state index contributed by atoms with van der Waals surface area (Å²) < 4.78 is 11.6. The number of benzene rings is 4. The molecule has 5 rings (SSSR count). The van der Waals surface area contributed by atoms with E-state index in [1.807, 2.05) is 24.3 Å². The minimum absolute atomic E-state index is 0.0538. The Bertz CT molecular complexity index is 1630. The van der Waals surface area contributed by atoms with E-state index in [1.54, 1.807) is 55.7 Å². The van der Waals surface area contributed by atoms with Crippen LogP contribution in [0.25, 0.3) is 28.2 Å². The number of methoxy groups -OCH3 is 1. The van der Waals surface area contributed by atoms with Crippen molar-refractivity contribution in [3.63, 3.8) is 0 Å². The van der Waals surface area contributed by atoms with Gasteiger partial charge in [0.05, 0.1) is 7.11 Å². The summed E-state index contributed by atoms with van der Waals surface area (Å²) in [4.78, 5) is 16.4. The summed E-state index contributed by atoms with van der Waals surface area (Å²) in [5.41, 5.74) is 2.49. The highest BCUT2D eigenvalue weighted by Crippen LogP contribution is 2.33. The van der Waals surface area contributed by atoms with Gasteiger partial charge in [-0.3, -0.25) is 5.10 Å². The summed E-state index contributed by atoms with van der Waals surface area (Å²) in [5.74, 6) is 0.478. The van der Waals surface area contributed by atoms with Crippen LogP contribution in [0, 0.1) is 0 Å². The molecule has 0 bridgehead atoms. The Labute approximate surface area is 228 Å². The molecule has 0 aliphatic rings. The van der Waals surface area contributed by atoms with Gasteiger partial charge < -0.3 is 14.6 Å². The second-order valence-electron chi connectivity index (χ2n) is 8.23. The Morgan fingerprint density at radius 2 is 1.82 bits per heavy atom. The molecular formula is C29H22ClN3O4S. The highest BCUT2D eigenvalue weighted by Gasteiger charge is 2.15. The van der Waals surface area contributed by atoms with Gasteiger partial charge in [0.2, 0.25) is 5.16 Å². The SMILES string of the molecule is COc1cc(/C=C(\Sc2n[nH]c(-c3ccc(Cl)cc3)n2)C(=O)O)ccc1OCc1cccc2ccccc12. The van der Waals surface area contributed by atoms with Gasteiger partial charge in [0.15, 0.2) is 17.3 Å². The Morgan fingerprint density at radius 3 is 2.61 bits per heavy atom. The molecule has 2 N–H and O–H groups in total. The summed E-state index contributed by atoms with van der Waals surface area (Å²) in [5, 5.41) is 19.9. The minimum Gasteiger partial charge on any atom is -0.493 e. The molecule has 0 unspecified atom stereocenters. The van der Waals surface area contributed by atoms with Crippen LogP contribution in [0.1, 0.15) is 11.1 Å². The quantitative estimate of drug-likeness (QED) is 0.151. The average Bonchev–Trinajstić information content (AvgIpc) is 3.40. The zero-order chi connectivity index (χ0) is 26.5. The molecule has 38 heavy (non-hydrogen) atoms. The lowest BCUT2D eigenvalue weighted by Gasteiger charge is -2.13. The fourth-order valence-corrected chi connectivity index (χ4v) is 4.71. The molecule has 0 fully saturated rings. The summed E-state index contributed by atoms with van der Waals surface area (Å²) in [6.07, 6.45) is 1.54. The summed E-state index contributed by atoms with van der Waals surface area (Å²) in [6, 6.07) is 26.6. The van der Waals surface area contributed by atoms with Gasteiger partial charge in [-0.05, 0) is 76.1 Å². The first-order valence-electron chi connectivity index (χ1n) is 11.6. The average molecular weight is 544 g/mol. The molecule has 1 heterocycles. The molecule has 0 atom stereocenters. The van der Waals surface area contributed by atoms with Crippen molar-refractivity contribution in [2.24, 2.45) is 0 Å². The number of halogens is 1. The van der Waals surface area contributed by atoms with Crippen LogP contribution in [0.15, 0.2) is 95.0 Å². The maximum Gasteiger partial charge on any atom is 0.342 e. The van der Waals surface area contributed by atoms with Crippen molar-refractivity contribution in [2.45, 2.75) is 11.8 Å². The first-order chi connectivity index (χ1) is 18.5. The van der Waals surface area contributed by atoms with E-state index in [-0.39, 0.29) is 10.1 Å². The maximum atomic E-state index is 12.0. The first-order valence-corrected chi connectivity index (χ1v) is 12.8. The summed E-state index contributed by atoms with van der Waals surface area (Å²) >= 11 is 6.89. The number of rotatable bonds is 9. The number of carboxylic acids is 1. The topological polar surface area (TPSA) is 97.3 Å². The highest BCUT2D eigenvalue weighted by molar-refractivity contribution is 8.04. The monoisotopic (exact) mass is 543 g/mol. The summed E-state index contributed by atoms with van der Waals surface area (Å²) in [7, 11) is 1.55. The lowest BCUT2D eigenvalue weighted by Crippen LogP contribution is -1.99. The van der Waals surface area contributed by atoms with Crippen molar-refractivity contribution < 1.29 is 19.4 Å². The lowest BCUT2D eigenvalue weighted by atomic mass is 10.1. The third-order valence-electron chi connectivity index (χ3n) is 5.74. The lowest BCUT2D eigenvalue weighted by molar-refractivity contribution is -0.131. The van der Waals surface area contributed by atoms with Crippen LogP contribution in [0.3, 0.4) is 0 Å². The number of aliphatic carboxylic acids is 1. The Balaban J connectivity index is 1.33. The first kappa shape index (κ1) is 25.4. The van der Waals surface area contributed by atoms with Crippen molar-refractivity contribution >= 4 is 46.2 Å². The summed E-state index contributed by atoms with van der Waals surface area (Å²) in [6.45, 7) is 0.365. The normalized spacial score (nSPS) is 11.5. The molecule has 0 spiro atoms. The molecule has 9 heteroatoms. The second-order valence-corrected chi connectivity index (χ2v) is 9.67. The van der Waals surface area contributed by atoms with Crippen molar-refractivity contribution in [2.75, 3.05) is 7.11 Å². The van der Waals surface area contributed by atoms with E-state index in [9.17, 15) is 9.90 Å². The van der Waals surface area contributed by atoms with E-state index >= 15 is 0 Å². The Kier molecular flexibility index (Phi) is 7.62. The molecule has 7 nitrogen and oxygen atoms in total. The minimum atomic E-state index is -1.09. The zero-order valence-corrected chi connectivity index (χ0v) is 21.8. The number of aromatic amines is 1. The van der Waals surface area contributed by atoms with Crippen LogP contribution in [0.4, 0.5) is 0 Å². The van der Waals surface area contributed by atoms with Crippen molar-refractivity contribution in [1.82, 2.24) is 15.2 Å². The van der Waals surface area contributed by atoms with Crippen LogP contribution in [0.5, 0.6) is 11.5 Å². The van der Waals surface area contributed by atoms with Crippen LogP contribution in [-0.4, -0.2) is 33.4 Å². The molecule has 5 aromatic rings. The second kappa shape index (κ2) is 11.4. The van der Waals surface area contributed by atoms with Crippen LogP contribution in [0.2, 0.25) is 5.02 Å². The predicted octanol–water partition coefficient (Wildman–Crippen LogP) is 7.08. The van der Waals surface area contributed by atoms with Gasteiger partial charge in [0.25, 0.3) is 0 Å². The standard InChI is InChI=1S/C29H22ClN3O4S/c1-36-25-15-18(9-14-24(25)37-17-21-7-4-6-19-5-2-3-8-23(19)21)16-26(28(34)35)38-29-31-27(32-33-29)20-10-12-22(30)13-11-20/h2-16H,17H2,1H3,(H,34,35)(H,31,32,33)/b26-16-. The van der Waals surface area contributed by atoms with Crippen LogP contribution in [-0.2, 0) is 11.4 Å². The number of aromatic nitrogens is 3. The zero-order valence-electron chi connectivity index (χ0n) is 20.2. The molecule has 0 saturated carbocycles. The van der Waals surface area contributed by atoms with E-state index in [0.717, 1.165) is 33.7 Å². The van der Waals surface area contributed by atoms with Crippen molar-refractivity contribution in [1.29, 1.82) is 0 Å². The number of carboxylic acid groups (broad SMARTS) is 1. The fourth-order valence-electron chi connectivity index (χ4n) is 3.88. The van der Waals surface area contributed by atoms with Gasteiger partial charge in [0, 0.05) is 10.6 Å². The predicted molar refractivity (Wildman–Crippen MR) is 150 cm³/mol. The largest absolute Gasteiger partial charge is 0.493 e. The van der Waals surface area contributed by atoms with Crippen molar-refractivity contribution in [3.05, 3.63) is 106 Å². The third kappa shape index (κ3) is 5.82. The number of hydrogen-bond donors (Lipinski definition) is 2. The number of thioether (sulfide) groups is 1. The smallest absolute Gasteiger partial charge is 0.342 e. The number of ether oxygens (including phenoxy) is 2. The van der Waals surface area contributed by atoms with Gasteiger partial charge in [-0.1, -0.05) is 60.1 Å². The van der Waals surface area contributed by atoms with Crippen LogP contribution < -0.4 is 9.47 Å². The molecule has 190 valence electrons. The van der Waals surface area contributed by atoms with E-state index in [0.29, 0.717) is 34.5 Å². The van der Waals surface area contributed by atoms with E-state index in [4.69, 9.17) is 21.1 Å². The van der Waals surface area contributed by atoms with Gasteiger partial charge in [0.1, 0.15) is 11.5 Å². The van der Waals surface area contributed by atoms with Gasteiger partial charge in [-0.25, -0.2) is 9.78 Å². The molecule has 0 aliphatic heterocycles.